The van der Waals surface area contributed by atoms with Crippen molar-refractivity contribution in [2.24, 2.45) is 5.73 Å². The summed E-state index contributed by atoms with van der Waals surface area (Å²) in [5.41, 5.74) is 5.37. The quantitative estimate of drug-likeness (QED) is 0.878. The van der Waals surface area contributed by atoms with Crippen LogP contribution < -0.4 is 5.73 Å². The molecule has 122 valence electrons. The van der Waals surface area contributed by atoms with Gasteiger partial charge in [0, 0.05) is 32.2 Å². The van der Waals surface area contributed by atoms with Gasteiger partial charge in [0.25, 0.3) is 5.91 Å². The van der Waals surface area contributed by atoms with Crippen LogP contribution in [0.25, 0.3) is 0 Å². The van der Waals surface area contributed by atoms with E-state index in [2.05, 4.69) is 0 Å². The molecule has 0 radical (unpaired) electrons. The fourth-order valence-corrected chi connectivity index (χ4v) is 2.25. The molecule has 8 heteroatoms. The fraction of sp³-hybridized carbons (Fsp3) is 0.429. The van der Waals surface area contributed by atoms with Crippen LogP contribution in [0, 0.1) is 11.6 Å². The van der Waals surface area contributed by atoms with Gasteiger partial charge in [0.15, 0.2) is 0 Å². The minimum Gasteiger partial charge on any atom is -0.338 e. The predicted octanol–water partition coefficient (Wildman–Crippen LogP) is 1.02. The molecule has 0 saturated carbocycles. The Hall–Kier alpha value is -1.73. The van der Waals surface area contributed by atoms with Crippen molar-refractivity contribution < 1.29 is 18.4 Å². The van der Waals surface area contributed by atoms with Gasteiger partial charge in [-0.1, -0.05) is 0 Å². The number of hydrogen-bond acceptors (Lipinski definition) is 3. The second-order valence-electron chi connectivity index (χ2n) is 5.03. The van der Waals surface area contributed by atoms with Crippen molar-refractivity contribution in [3.8, 4) is 0 Å². The summed E-state index contributed by atoms with van der Waals surface area (Å²) in [7, 11) is 0. The molecular formula is C14H18ClF2N3O2. The first-order chi connectivity index (χ1) is 9.90. The first kappa shape index (κ1) is 18.3. The lowest BCUT2D eigenvalue weighted by Crippen LogP contribution is -2.53. The minimum absolute atomic E-state index is 0. The number of halogens is 3. The van der Waals surface area contributed by atoms with Crippen molar-refractivity contribution >= 4 is 24.2 Å². The lowest BCUT2D eigenvalue weighted by atomic mass is 10.1. The van der Waals surface area contributed by atoms with Gasteiger partial charge in [-0.15, -0.1) is 12.4 Å². The third-order valence-electron chi connectivity index (χ3n) is 3.43. The maximum absolute atomic E-state index is 13.6. The summed E-state index contributed by atoms with van der Waals surface area (Å²) in [6.45, 7) is 2.92. The van der Waals surface area contributed by atoms with Gasteiger partial charge in [-0.3, -0.25) is 9.59 Å². The third-order valence-corrected chi connectivity index (χ3v) is 3.43. The van der Waals surface area contributed by atoms with E-state index >= 15 is 0 Å². The number of benzene rings is 1. The molecule has 2 rings (SSSR count). The number of hydrogen-bond donors (Lipinski definition) is 1. The standard InChI is InChI=1S/C14H17F2N3O2.ClH/c1-9(17)13(20)18-4-6-19(7-5-18)14(21)11-3-2-10(15)8-12(11)16;/h2-3,8-9H,4-7,17H2,1H3;1H/t9-;/m1./s1. The Bertz CT molecular complexity index is 561. The highest BCUT2D eigenvalue weighted by molar-refractivity contribution is 5.94. The van der Waals surface area contributed by atoms with Crippen LogP contribution in [0.3, 0.4) is 0 Å². The number of nitrogens with zero attached hydrogens (tertiary/aromatic N) is 2. The van der Waals surface area contributed by atoms with E-state index in [1.54, 1.807) is 11.8 Å². The summed E-state index contributed by atoms with van der Waals surface area (Å²) < 4.78 is 26.4. The van der Waals surface area contributed by atoms with Gasteiger partial charge in [-0.25, -0.2) is 8.78 Å². The summed E-state index contributed by atoms with van der Waals surface area (Å²) in [4.78, 5) is 26.9. The van der Waals surface area contributed by atoms with Gasteiger partial charge in [0.2, 0.25) is 5.91 Å². The highest BCUT2D eigenvalue weighted by atomic mass is 35.5. The molecule has 1 fully saturated rings. The number of amides is 2. The molecule has 1 atom stereocenters. The zero-order valence-electron chi connectivity index (χ0n) is 12.1. The molecule has 1 aromatic carbocycles. The van der Waals surface area contributed by atoms with Crippen LogP contribution >= 0.6 is 12.4 Å². The molecule has 1 saturated heterocycles. The van der Waals surface area contributed by atoms with Crippen molar-refractivity contribution in [1.82, 2.24) is 9.80 Å². The Morgan fingerprint density at radius 1 is 1.14 bits per heavy atom. The van der Waals surface area contributed by atoms with E-state index in [1.165, 1.54) is 4.90 Å². The van der Waals surface area contributed by atoms with Crippen LogP contribution in [0.2, 0.25) is 0 Å². The average molecular weight is 334 g/mol. The Kier molecular flexibility index (Phi) is 6.25. The second kappa shape index (κ2) is 7.51. The third kappa shape index (κ3) is 3.92. The van der Waals surface area contributed by atoms with Crippen LogP contribution in [0.1, 0.15) is 17.3 Å². The molecular weight excluding hydrogens is 316 g/mol. The fourth-order valence-electron chi connectivity index (χ4n) is 2.25. The number of carbonyl (C=O) groups excluding carboxylic acids is 2. The summed E-state index contributed by atoms with van der Waals surface area (Å²) in [5.74, 6) is -2.28. The molecule has 0 aromatic heterocycles. The maximum Gasteiger partial charge on any atom is 0.256 e. The molecule has 22 heavy (non-hydrogen) atoms. The number of rotatable bonds is 2. The Labute approximate surface area is 133 Å². The lowest BCUT2D eigenvalue weighted by Gasteiger charge is -2.35. The normalized spacial score (nSPS) is 16.0. The number of piperazine rings is 1. The predicted molar refractivity (Wildman–Crippen MR) is 79.7 cm³/mol. The molecule has 1 aliphatic rings. The smallest absolute Gasteiger partial charge is 0.256 e. The average Bonchev–Trinajstić information content (AvgIpc) is 2.46. The molecule has 2 amide bonds. The largest absolute Gasteiger partial charge is 0.338 e. The molecule has 1 heterocycles. The van der Waals surface area contributed by atoms with Gasteiger partial charge in [0.1, 0.15) is 11.6 Å². The van der Waals surface area contributed by atoms with E-state index < -0.39 is 23.6 Å². The summed E-state index contributed by atoms with van der Waals surface area (Å²) in [5, 5.41) is 0. The first-order valence-electron chi connectivity index (χ1n) is 6.69. The number of nitrogens with two attached hydrogens (primary N) is 1. The summed E-state index contributed by atoms with van der Waals surface area (Å²) in [6.07, 6.45) is 0. The highest BCUT2D eigenvalue weighted by Gasteiger charge is 2.27. The Balaban J connectivity index is 0.00000242. The molecule has 1 aliphatic heterocycles. The highest BCUT2D eigenvalue weighted by Crippen LogP contribution is 2.14. The monoisotopic (exact) mass is 333 g/mol. The van der Waals surface area contributed by atoms with Crippen LogP contribution in [0.5, 0.6) is 0 Å². The van der Waals surface area contributed by atoms with Gasteiger partial charge in [-0.05, 0) is 19.1 Å². The SMILES string of the molecule is C[C@@H](N)C(=O)N1CCN(C(=O)c2ccc(F)cc2F)CC1.Cl. The molecule has 0 aliphatic carbocycles. The lowest BCUT2D eigenvalue weighted by molar-refractivity contribution is -0.133. The van der Waals surface area contributed by atoms with Gasteiger partial charge < -0.3 is 15.5 Å². The van der Waals surface area contributed by atoms with E-state index in [4.69, 9.17) is 5.73 Å². The molecule has 1 aromatic rings. The van der Waals surface area contributed by atoms with Gasteiger partial charge in [0.05, 0.1) is 11.6 Å². The Morgan fingerprint density at radius 2 is 1.68 bits per heavy atom. The molecule has 0 spiro atoms. The van der Waals surface area contributed by atoms with E-state index in [1.807, 2.05) is 0 Å². The summed E-state index contributed by atoms with van der Waals surface area (Å²) in [6, 6.07) is 2.28. The zero-order valence-corrected chi connectivity index (χ0v) is 12.9. The zero-order chi connectivity index (χ0) is 15.6. The van der Waals surface area contributed by atoms with Crippen molar-refractivity contribution in [3.63, 3.8) is 0 Å². The minimum atomic E-state index is -0.880. The van der Waals surface area contributed by atoms with Crippen molar-refractivity contribution in [2.45, 2.75) is 13.0 Å². The topological polar surface area (TPSA) is 66.6 Å². The number of carbonyl (C=O) groups is 2. The van der Waals surface area contributed by atoms with Crippen LogP contribution in [0.4, 0.5) is 8.78 Å². The van der Waals surface area contributed by atoms with E-state index in [0.29, 0.717) is 32.2 Å². The Morgan fingerprint density at radius 3 is 2.18 bits per heavy atom. The van der Waals surface area contributed by atoms with Crippen molar-refractivity contribution in [2.75, 3.05) is 26.2 Å². The van der Waals surface area contributed by atoms with Gasteiger partial charge >= 0.3 is 0 Å². The van der Waals surface area contributed by atoms with Crippen LogP contribution in [-0.4, -0.2) is 53.8 Å². The second-order valence-corrected chi connectivity index (χ2v) is 5.03. The van der Waals surface area contributed by atoms with E-state index in [-0.39, 0.29) is 23.9 Å². The van der Waals surface area contributed by atoms with E-state index in [9.17, 15) is 18.4 Å². The van der Waals surface area contributed by atoms with Crippen molar-refractivity contribution in [1.29, 1.82) is 0 Å². The molecule has 0 unspecified atom stereocenters. The van der Waals surface area contributed by atoms with Gasteiger partial charge in [-0.2, -0.15) is 0 Å². The van der Waals surface area contributed by atoms with Crippen LogP contribution in [-0.2, 0) is 4.79 Å². The van der Waals surface area contributed by atoms with Crippen molar-refractivity contribution in [3.05, 3.63) is 35.4 Å². The first-order valence-corrected chi connectivity index (χ1v) is 6.69. The molecule has 0 bridgehead atoms. The molecule has 2 N–H and O–H groups in total. The maximum atomic E-state index is 13.6. The molecule has 5 nitrogen and oxygen atoms in total. The van der Waals surface area contributed by atoms with E-state index in [0.717, 1.165) is 12.1 Å². The summed E-state index contributed by atoms with van der Waals surface area (Å²) >= 11 is 0. The van der Waals surface area contributed by atoms with Crippen LogP contribution in [0.15, 0.2) is 18.2 Å².